The number of hydrogen-bond donors (Lipinski definition) is 2. The molecule has 0 saturated heterocycles. The number of nitrogens with one attached hydrogen (secondary N) is 2. The van der Waals surface area contributed by atoms with Crippen LogP contribution >= 0.6 is 0 Å². The molecule has 0 heterocycles. The van der Waals surface area contributed by atoms with Crippen LogP contribution < -0.4 is 10.6 Å². The SMILES string of the molecule is CCC(=O)Nc1ccc(C(=O)NC2CCCCCC2)cc1. The summed E-state index contributed by atoms with van der Waals surface area (Å²) in [5.41, 5.74) is 1.38. The molecule has 1 aromatic carbocycles. The van der Waals surface area contributed by atoms with E-state index in [9.17, 15) is 9.59 Å². The first-order chi connectivity index (χ1) is 10.2. The third-order valence-electron chi connectivity index (χ3n) is 3.94. The van der Waals surface area contributed by atoms with E-state index in [0.29, 0.717) is 18.0 Å². The van der Waals surface area contributed by atoms with E-state index in [1.54, 1.807) is 24.3 Å². The van der Waals surface area contributed by atoms with Gasteiger partial charge in [0.1, 0.15) is 0 Å². The summed E-state index contributed by atoms with van der Waals surface area (Å²) in [4.78, 5) is 23.5. The molecule has 1 fully saturated rings. The molecule has 0 aliphatic heterocycles. The Morgan fingerprint density at radius 1 is 1.05 bits per heavy atom. The average molecular weight is 288 g/mol. The fraction of sp³-hybridized carbons (Fsp3) is 0.529. The Hall–Kier alpha value is -1.84. The smallest absolute Gasteiger partial charge is 0.251 e. The summed E-state index contributed by atoms with van der Waals surface area (Å²) in [5.74, 6) is -0.0408. The van der Waals surface area contributed by atoms with Gasteiger partial charge in [0.15, 0.2) is 0 Å². The van der Waals surface area contributed by atoms with Crippen LogP contribution in [0.5, 0.6) is 0 Å². The molecule has 0 atom stereocenters. The molecule has 2 N–H and O–H groups in total. The molecule has 2 rings (SSSR count). The van der Waals surface area contributed by atoms with Crippen LogP contribution in [-0.4, -0.2) is 17.9 Å². The first kappa shape index (κ1) is 15.5. The molecule has 114 valence electrons. The summed E-state index contributed by atoms with van der Waals surface area (Å²) in [6, 6.07) is 7.37. The highest BCUT2D eigenvalue weighted by atomic mass is 16.2. The number of anilines is 1. The van der Waals surface area contributed by atoms with Crippen LogP contribution in [0.1, 0.15) is 62.2 Å². The van der Waals surface area contributed by atoms with Crippen molar-refractivity contribution in [3.8, 4) is 0 Å². The highest BCUT2D eigenvalue weighted by molar-refractivity contribution is 5.95. The van der Waals surface area contributed by atoms with Crippen molar-refractivity contribution in [3.05, 3.63) is 29.8 Å². The molecule has 1 aliphatic carbocycles. The molecule has 1 aromatic rings. The maximum absolute atomic E-state index is 12.2. The van der Waals surface area contributed by atoms with E-state index in [-0.39, 0.29) is 11.8 Å². The second-order valence-corrected chi connectivity index (χ2v) is 5.64. The minimum absolute atomic E-state index is 0.0183. The molecule has 2 amide bonds. The van der Waals surface area contributed by atoms with E-state index in [1.165, 1.54) is 25.7 Å². The fourth-order valence-electron chi connectivity index (χ4n) is 2.65. The van der Waals surface area contributed by atoms with Crippen LogP contribution in [0.2, 0.25) is 0 Å². The topological polar surface area (TPSA) is 58.2 Å². The van der Waals surface area contributed by atoms with E-state index in [0.717, 1.165) is 18.5 Å². The van der Waals surface area contributed by atoms with Crippen molar-refractivity contribution >= 4 is 17.5 Å². The van der Waals surface area contributed by atoms with Gasteiger partial charge >= 0.3 is 0 Å². The van der Waals surface area contributed by atoms with E-state index in [2.05, 4.69) is 10.6 Å². The first-order valence-electron chi connectivity index (χ1n) is 7.90. The number of amides is 2. The van der Waals surface area contributed by atoms with Gasteiger partial charge in [-0.05, 0) is 37.1 Å². The fourth-order valence-corrected chi connectivity index (χ4v) is 2.65. The monoisotopic (exact) mass is 288 g/mol. The van der Waals surface area contributed by atoms with Gasteiger partial charge in [0.2, 0.25) is 5.91 Å². The van der Waals surface area contributed by atoms with Crippen LogP contribution in [0.4, 0.5) is 5.69 Å². The summed E-state index contributed by atoms with van der Waals surface area (Å²) >= 11 is 0. The van der Waals surface area contributed by atoms with Gasteiger partial charge < -0.3 is 10.6 Å². The first-order valence-corrected chi connectivity index (χ1v) is 7.90. The van der Waals surface area contributed by atoms with Gasteiger partial charge in [0.05, 0.1) is 0 Å². The van der Waals surface area contributed by atoms with Crippen molar-refractivity contribution in [1.82, 2.24) is 5.32 Å². The highest BCUT2D eigenvalue weighted by Gasteiger charge is 2.15. The van der Waals surface area contributed by atoms with Crippen molar-refractivity contribution in [3.63, 3.8) is 0 Å². The lowest BCUT2D eigenvalue weighted by Crippen LogP contribution is -2.34. The van der Waals surface area contributed by atoms with Crippen molar-refractivity contribution in [1.29, 1.82) is 0 Å². The normalized spacial score (nSPS) is 16.0. The lowest BCUT2D eigenvalue weighted by Gasteiger charge is -2.16. The predicted molar refractivity (Wildman–Crippen MR) is 84.3 cm³/mol. The molecule has 21 heavy (non-hydrogen) atoms. The van der Waals surface area contributed by atoms with Crippen molar-refractivity contribution < 1.29 is 9.59 Å². The largest absolute Gasteiger partial charge is 0.349 e. The third kappa shape index (κ3) is 4.88. The number of benzene rings is 1. The molecule has 1 saturated carbocycles. The van der Waals surface area contributed by atoms with Gasteiger partial charge in [0, 0.05) is 23.7 Å². The lowest BCUT2D eigenvalue weighted by atomic mass is 10.1. The second-order valence-electron chi connectivity index (χ2n) is 5.64. The van der Waals surface area contributed by atoms with Crippen molar-refractivity contribution in [2.45, 2.75) is 57.9 Å². The molecule has 1 aliphatic rings. The minimum Gasteiger partial charge on any atom is -0.349 e. The van der Waals surface area contributed by atoms with E-state index >= 15 is 0 Å². The van der Waals surface area contributed by atoms with Crippen LogP contribution in [0.25, 0.3) is 0 Å². The van der Waals surface area contributed by atoms with Gasteiger partial charge in [-0.2, -0.15) is 0 Å². The van der Waals surface area contributed by atoms with Crippen molar-refractivity contribution in [2.75, 3.05) is 5.32 Å². The molecule has 4 heteroatoms. The van der Waals surface area contributed by atoms with Crippen molar-refractivity contribution in [2.24, 2.45) is 0 Å². The average Bonchev–Trinajstić information content (AvgIpc) is 2.76. The minimum atomic E-state index is -0.0225. The zero-order valence-electron chi connectivity index (χ0n) is 12.7. The Morgan fingerprint density at radius 2 is 1.67 bits per heavy atom. The summed E-state index contributed by atoms with van der Waals surface area (Å²) < 4.78 is 0. The summed E-state index contributed by atoms with van der Waals surface area (Å²) in [6.45, 7) is 1.81. The zero-order valence-corrected chi connectivity index (χ0v) is 12.7. The number of rotatable bonds is 4. The molecule has 4 nitrogen and oxygen atoms in total. The number of carbonyl (C=O) groups excluding carboxylic acids is 2. The third-order valence-corrected chi connectivity index (χ3v) is 3.94. The Balaban J connectivity index is 1.91. The number of hydrogen-bond acceptors (Lipinski definition) is 2. The van der Waals surface area contributed by atoms with Gasteiger partial charge in [-0.15, -0.1) is 0 Å². The zero-order chi connectivity index (χ0) is 15.1. The second kappa shape index (κ2) is 7.81. The summed E-state index contributed by atoms with van der Waals surface area (Å²) in [7, 11) is 0. The molecule has 0 spiro atoms. The molecule has 0 unspecified atom stereocenters. The molecule has 0 radical (unpaired) electrons. The Labute approximate surface area is 126 Å². The van der Waals surface area contributed by atoms with Crippen LogP contribution in [0.3, 0.4) is 0 Å². The molecular formula is C17H24N2O2. The quantitative estimate of drug-likeness (QED) is 0.833. The Bertz CT molecular complexity index is 474. The highest BCUT2D eigenvalue weighted by Crippen LogP contribution is 2.18. The van der Waals surface area contributed by atoms with E-state index in [1.807, 2.05) is 6.92 Å². The van der Waals surface area contributed by atoms with Gasteiger partial charge in [0.25, 0.3) is 5.91 Å². The summed E-state index contributed by atoms with van der Waals surface area (Å²) in [5, 5.41) is 5.90. The van der Waals surface area contributed by atoms with Crippen LogP contribution in [-0.2, 0) is 4.79 Å². The van der Waals surface area contributed by atoms with Gasteiger partial charge in [-0.1, -0.05) is 32.6 Å². The van der Waals surface area contributed by atoms with E-state index < -0.39 is 0 Å². The van der Waals surface area contributed by atoms with Gasteiger partial charge in [-0.3, -0.25) is 9.59 Å². The maximum Gasteiger partial charge on any atom is 0.251 e. The van der Waals surface area contributed by atoms with Crippen LogP contribution in [0.15, 0.2) is 24.3 Å². The maximum atomic E-state index is 12.2. The molecule has 0 aromatic heterocycles. The summed E-state index contributed by atoms with van der Waals surface area (Å²) in [6.07, 6.45) is 7.56. The lowest BCUT2D eigenvalue weighted by molar-refractivity contribution is -0.115. The van der Waals surface area contributed by atoms with Gasteiger partial charge in [-0.25, -0.2) is 0 Å². The predicted octanol–water partition coefficient (Wildman–Crippen LogP) is 3.49. The number of carbonyl (C=O) groups is 2. The Kier molecular flexibility index (Phi) is 5.78. The van der Waals surface area contributed by atoms with Crippen LogP contribution in [0, 0.1) is 0 Å². The van der Waals surface area contributed by atoms with E-state index in [4.69, 9.17) is 0 Å². The Morgan fingerprint density at radius 3 is 2.24 bits per heavy atom. The standard InChI is InChI=1S/C17H24N2O2/c1-2-16(20)18-15-11-9-13(10-12-15)17(21)19-14-7-5-3-4-6-8-14/h9-12,14H,2-8H2,1H3,(H,18,20)(H,19,21). The molecule has 0 bridgehead atoms. The molecular weight excluding hydrogens is 264 g/mol.